The van der Waals surface area contributed by atoms with E-state index in [1.807, 2.05) is 24.0 Å². The van der Waals surface area contributed by atoms with Crippen LogP contribution in [0.5, 0.6) is 0 Å². The lowest BCUT2D eigenvalue weighted by Crippen LogP contribution is -2.48. The second-order valence-corrected chi connectivity index (χ2v) is 8.30. The van der Waals surface area contributed by atoms with Gasteiger partial charge in [0.1, 0.15) is 0 Å². The Morgan fingerprint density at radius 1 is 1.24 bits per heavy atom. The molecule has 2 aliphatic rings. The molecule has 0 bridgehead atoms. The van der Waals surface area contributed by atoms with E-state index in [1.165, 1.54) is 11.3 Å². The molecule has 0 aromatic carbocycles. The number of nitrogens with zero attached hydrogens (tertiary/aromatic N) is 1. The van der Waals surface area contributed by atoms with Crippen molar-refractivity contribution in [2.45, 2.75) is 45.1 Å². The smallest absolute Gasteiger partial charge is 0.261 e. The molecule has 3 rings (SSSR count). The average Bonchev–Trinajstić information content (AvgIpc) is 3.23. The highest BCUT2D eigenvalue weighted by Gasteiger charge is 2.36. The van der Waals surface area contributed by atoms with Crippen LogP contribution in [0.2, 0.25) is 0 Å². The van der Waals surface area contributed by atoms with Gasteiger partial charge in [-0.1, -0.05) is 6.42 Å². The number of nitrogens with one attached hydrogen (secondary N) is 1. The van der Waals surface area contributed by atoms with Gasteiger partial charge >= 0.3 is 0 Å². The van der Waals surface area contributed by atoms with E-state index in [0.717, 1.165) is 54.9 Å². The number of carbonyl (C=O) groups excluding carboxylic acids is 2. The molecule has 3 N–H and O–H groups in total. The van der Waals surface area contributed by atoms with Crippen molar-refractivity contribution < 1.29 is 9.59 Å². The standard InChI is InChI=1S/C18H27N3O2S.ClH/c1-12-5-6-16(24-12)17(22)20-14-7-9-21(10-8-14)18(23)15-4-2-3-13(15)11-19;/h5-6,13-15H,2-4,7-11,19H2,1H3,(H,20,22);1H/t13-,15-;/m1./s1. The lowest BCUT2D eigenvalue weighted by Gasteiger charge is -2.34. The summed E-state index contributed by atoms with van der Waals surface area (Å²) in [5, 5.41) is 3.11. The van der Waals surface area contributed by atoms with Crippen LogP contribution in [-0.4, -0.2) is 42.4 Å². The topological polar surface area (TPSA) is 75.4 Å². The minimum absolute atomic E-state index is 0. The molecule has 1 aliphatic carbocycles. The van der Waals surface area contributed by atoms with Crippen LogP contribution < -0.4 is 11.1 Å². The van der Waals surface area contributed by atoms with Gasteiger partial charge in [-0.3, -0.25) is 9.59 Å². The van der Waals surface area contributed by atoms with Gasteiger partial charge in [0.15, 0.2) is 0 Å². The van der Waals surface area contributed by atoms with Gasteiger partial charge in [0.2, 0.25) is 5.91 Å². The molecule has 1 aliphatic heterocycles. The molecule has 7 heteroatoms. The second kappa shape index (κ2) is 9.01. The first kappa shape index (κ1) is 20.2. The van der Waals surface area contributed by atoms with Gasteiger partial charge < -0.3 is 16.0 Å². The Kier molecular flexibility index (Phi) is 7.28. The molecular weight excluding hydrogens is 358 g/mol. The molecule has 1 saturated heterocycles. The van der Waals surface area contributed by atoms with Crippen LogP contribution in [0, 0.1) is 18.8 Å². The Hall–Kier alpha value is -1.11. The van der Waals surface area contributed by atoms with Crippen molar-refractivity contribution in [3.05, 3.63) is 21.9 Å². The molecule has 25 heavy (non-hydrogen) atoms. The Labute approximate surface area is 159 Å². The number of rotatable bonds is 4. The first-order valence-electron chi connectivity index (χ1n) is 8.94. The summed E-state index contributed by atoms with van der Waals surface area (Å²) in [5.74, 6) is 0.769. The number of thiophene rings is 1. The van der Waals surface area contributed by atoms with Gasteiger partial charge in [-0.25, -0.2) is 0 Å². The molecule has 0 unspecified atom stereocenters. The predicted octanol–water partition coefficient (Wildman–Crippen LogP) is 2.57. The van der Waals surface area contributed by atoms with Gasteiger partial charge in [-0.15, -0.1) is 23.7 Å². The van der Waals surface area contributed by atoms with Gasteiger partial charge in [-0.2, -0.15) is 0 Å². The van der Waals surface area contributed by atoms with Gasteiger partial charge in [0.05, 0.1) is 4.88 Å². The van der Waals surface area contributed by atoms with E-state index in [2.05, 4.69) is 5.32 Å². The fourth-order valence-corrected chi connectivity index (χ4v) is 4.71. The highest BCUT2D eigenvalue weighted by molar-refractivity contribution is 7.13. The maximum atomic E-state index is 12.7. The third-order valence-electron chi connectivity index (χ3n) is 5.39. The monoisotopic (exact) mass is 385 g/mol. The highest BCUT2D eigenvalue weighted by atomic mass is 35.5. The summed E-state index contributed by atoms with van der Waals surface area (Å²) < 4.78 is 0. The second-order valence-electron chi connectivity index (χ2n) is 7.02. The molecule has 1 saturated carbocycles. The van der Waals surface area contributed by atoms with E-state index >= 15 is 0 Å². The van der Waals surface area contributed by atoms with Crippen LogP contribution in [0.3, 0.4) is 0 Å². The Morgan fingerprint density at radius 3 is 2.56 bits per heavy atom. The number of hydrogen-bond donors (Lipinski definition) is 2. The molecule has 0 radical (unpaired) electrons. The zero-order valence-electron chi connectivity index (χ0n) is 14.7. The molecule has 140 valence electrons. The highest BCUT2D eigenvalue weighted by Crippen LogP contribution is 2.33. The average molecular weight is 386 g/mol. The fourth-order valence-electron chi connectivity index (χ4n) is 3.94. The van der Waals surface area contributed by atoms with Crippen LogP contribution in [0.15, 0.2) is 12.1 Å². The summed E-state index contributed by atoms with van der Waals surface area (Å²) in [7, 11) is 0. The van der Waals surface area contributed by atoms with E-state index in [1.54, 1.807) is 0 Å². The van der Waals surface area contributed by atoms with Crippen molar-refractivity contribution in [3.63, 3.8) is 0 Å². The summed E-state index contributed by atoms with van der Waals surface area (Å²) in [4.78, 5) is 28.8. The normalized spacial score (nSPS) is 24.0. The molecule has 2 fully saturated rings. The van der Waals surface area contributed by atoms with Crippen molar-refractivity contribution in [1.82, 2.24) is 10.2 Å². The third-order valence-corrected chi connectivity index (χ3v) is 6.38. The van der Waals surface area contributed by atoms with Crippen LogP contribution in [0.4, 0.5) is 0 Å². The zero-order valence-corrected chi connectivity index (χ0v) is 16.3. The van der Waals surface area contributed by atoms with Crippen molar-refractivity contribution in [2.24, 2.45) is 17.6 Å². The molecule has 1 aromatic heterocycles. The van der Waals surface area contributed by atoms with Crippen LogP contribution in [0.1, 0.15) is 46.7 Å². The number of likely N-dealkylation sites (tertiary alicyclic amines) is 1. The number of aryl methyl sites for hydroxylation is 1. The van der Waals surface area contributed by atoms with Crippen LogP contribution in [0.25, 0.3) is 0 Å². The van der Waals surface area contributed by atoms with Crippen molar-refractivity contribution >= 4 is 35.6 Å². The summed E-state index contributed by atoms with van der Waals surface area (Å²) in [6.07, 6.45) is 4.85. The quantitative estimate of drug-likeness (QED) is 0.836. The van der Waals surface area contributed by atoms with Gasteiger partial charge in [0, 0.05) is 29.9 Å². The number of nitrogens with two attached hydrogens (primary N) is 1. The third kappa shape index (κ3) is 4.74. The van der Waals surface area contributed by atoms with Crippen molar-refractivity contribution in [3.8, 4) is 0 Å². The number of halogens is 1. The minimum atomic E-state index is 0. The van der Waals surface area contributed by atoms with Crippen LogP contribution in [-0.2, 0) is 4.79 Å². The van der Waals surface area contributed by atoms with Crippen molar-refractivity contribution in [1.29, 1.82) is 0 Å². The van der Waals surface area contributed by atoms with Crippen molar-refractivity contribution in [2.75, 3.05) is 19.6 Å². The molecule has 2 atom stereocenters. The molecular formula is C18H28ClN3O2S. The number of carbonyl (C=O) groups is 2. The number of amides is 2. The van der Waals surface area contributed by atoms with Gasteiger partial charge in [-0.05, 0) is 57.2 Å². The number of hydrogen-bond acceptors (Lipinski definition) is 4. The van der Waals surface area contributed by atoms with Crippen LogP contribution >= 0.6 is 23.7 Å². The Bertz CT molecular complexity index is 599. The molecule has 5 nitrogen and oxygen atoms in total. The predicted molar refractivity (Wildman–Crippen MR) is 103 cm³/mol. The Morgan fingerprint density at radius 2 is 1.96 bits per heavy atom. The zero-order chi connectivity index (χ0) is 17.1. The largest absolute Gasteiger partial charge is 0.348 e. The minimum Gasteiger partial charge on any atom is -0.348 e. The SMILES string of the molecule is Cc1ccc(C(=O)NC2CCN(C(=O)[C@@H]3CCC[C@@H]3CN)CC2)s1.Cl. The van der Waals surface area contributed by atoms with E-state index in [0.29, 0.717) is 12.5 Å². The van der Waals surface area contributed by atoms with E-state index in [4.69, 9.17) is 5.73 Å². The molecule has 0 spiro atoms. The molecule has 2 heterocycles. The molecule has 2 amide bonds. The summed E-state index contributed by atoms with van der Waals surface area (Å²) in [5.41, 5.74) is 5.81. The van der Waals surface area contributed by atoms with E-state index < -0.39 is 0 Å². The van der Waals surface area contributed by atoms with Gasteiger partial charge in [0.25, 0.3) is 5.91 Å². The Balaban J connectivity index is 0.00000225. The molecule has 1 aromatic rings. The summed E-state index contributed by atoms with van der Waals surface area (Å²) in [6.45, 7) is 4.09. The lowest BCUT2D eigenvalue weighted by atomic mass is 9.93. The lowest BCUT2D eigenvalue weighted by molar-refractivity contribution is -0.137. The van der Waals surface area contributed by atoms with E-state index in [-0.39, 0.29) is 36.2 Å². The first-order valence-corrected chi connectivity index (χ1v) is 9.76. The first-order chi connectivity index (χ1) is 11.6. The summed E-state index contributed by atoms with van der Waals surface area (Å²) >= 11 is 1.52. The maximum absolute atomic E-state index is 12.7. The number of piperidine rings is 1. The maximum Gasteiger partial charge on any atom is 0.261 e. The summed E-state index contributed by atoms with van der Waals surface area (Å²) in [6, 6.07) is 4.01. The fraction of sp³-hybridized carbons (Fsp3) is 0.667. The van der Waals surface area contributed by atoms with E-state index in [9.17, 15) is 9.59 Å².